The number of hydrogen-bond donors (Lipinski definition) is 1. The van der Waals surface area contributed by atoms with E-state index in [0.717, 1.165) is 6.07 Å². The Kier molecular flexibility index (Phi) is 6.46. The summed E-state index contributed by atoms with van der Waals surface area (Å²) in [5, 5.41) is 22.8. The van der Waals surface area contributed by atoms with Gasteiger partial charge in [0.15, 0.2) is 6.61 Å². The van der Waals surface area contributed by atoms with Gasteiger partial charge in [0.25, 0.3) is 23.4 Å². The van der Waals surface area contributed by atoms with Crippen LogP contribution < -0.4 is 5.32 Å². The van der Waals surface area contributed by atoms with Gasteiger partial charge in [-0.1, -0.05) is 17.7 Å². The molecule has 1 heterocycles. The number of carbonyl (C=O) groups is 4. The van der Waals surface area contributed by atoms with Gasteiger partial charge in [-0.05, 0) is 24.3 Å². The van der Waals surface area contributed by atoms with Crippen molar-refractivity contribution in [3.05, 3.63) is 68.2 Å². The van der Waals surface area contributed by atoms with E-state index in [9.17, 15) is 29.3 Å². The zero-order valence-electron chi connectivity index (χ0n) is 16.2. The Morgan fingerprint density at radius 1 is 1.22 bits per heavy atom. The van der Waals surface area contributed by atoms with Crippen LogP contribution in [0, 0.1) is 21.4 Å². The number of nitrogens with one attached hydrogen (secondary N) is 1. The highest BCUT2D eigenvalue weighted by Crippen LogP contribution is 2.30. The molecule has 3 rings (SSSR count). The molecule has 1 aliphatic rings. The molecule has 3 amide bonds. The van der Waals surface area contributed by atoms with Crippen molar-refractivity contribution in [1.82, 2.24) is 4.90 Å². The maximum Gasteiger partial charge on any atom is 0.308 e. The van der Waals surface area contributed by atoms with E-state index in [1.54, 1.807) is 0 Å². The van der Waals surface area contributed by atoms with Gasteiger partial charge in [-0.15, -0.1) is 0 Å². The highest BCUT2D eigenvalue weighted by molar-refractivity contribution is 6.31. The molecule has 0 aliphatic carbocycles. The minimum Gasteiger partial charge on any atom is -0.456 e. The average Bonchev–Trinajstić information content (AvgIpc) is 3.00. The zero-order chi connectivity index (χ0) is 23.4. The molecule has 0 aromatic heterocycles. The first-order valence-corrected chi connectivity index (χ1v) is 9.39. The summed E-state index contributed by atoms with van der Waals surface area (Å²) < 4.78 is 4.82. The van der Waals surface area contributed by atoms with Crippen molar-refractivity contribution in [2.45, 2.75) is 6.42 Å². The molecule has 162 valence electrons. The molecule has 0 saturated heterocycles. The lowest BCUT2D eigenvalue weighted by Gasteiger charge is -2.13. The summed E-state index contributed by atoms with van der Waals surface area (Å²) in [6.45, 7) is -1.05. The number of nitro groups is 1. The highest BCUT2D eigenvalue weighted by Gasteiger charge is 2.40. The van der Waals surface area contributed by atoms with Crippen LogP contribution in [-0.2, 0) is 14.3 Å². The van der Waals surface area contributed by atoms with Gasteiger partial charge in [-0.25, -0.2) is 0 Å². The van der Waals surface area contributed by atoms with Crippen molar-refractivity contribution in [3.63, 3.8) is 0 Å². The Labute approximate surface area is 185 Å². The molecule has 0 radical (unpaired) electrons. The van der Waals surface area contributed by atoms with Crippen molar-refractivity contribution < 1.29 is 28.8 Å². The molecule has 0 fully saturated rings. The number of hydrogen-bond acceptors (Lipinski definition) is 8. The molecule has 0 bridgehead atoms. The van der Waals surface area contributed by atoms with E-state index in [4.69, 9.17) is 21.6 Å². The Morgan fingerprint density at radius 3 is 2.66 bits per heavy atom. The highest BCUT2D eigenvalue weighted by atomic mass is 35.5. The zero-order valence-corrected chi connectivity index (χ0v) is 16.9. The van der Waals surface area contributed by atoms with Crippen LogP contribution in [0.2, 0.25) is 5.02 Å². The van der Waals surface area contributed by atoms with Crippen molar-refractivity contribution in [3.8, 4) is 6.07 Å². The molecule has 32 heavy (non-hydrogen) atoms. The number of halogens is 1. The molecule has 1 aliphatic heterocycles. The van der Waals surface area contributed by atoms with Crippen molar-refractivity contribution in [1.29, 1.82) is 5.26 Å². The largest absolute Gasteiger partial charge is 0.456 e. The first kappa shape index (κ1) is 22.4. The number of imide groups is 1. The van der Waals surface area contributed by atoms with Gasteiger partial charge in [0, 0.05) is 17.6 Å². The predicted molar refractivity (Wildman–Crippen MR) is 109 cm³/mol. The van der Waals surface area contributed by atoms with Crippen molar-refractivity contribution in [2.24, 2.45) is 0 Å². The standard InChI is InChI=1S/C20H13ClN4O7/c21-12-5-4-11(9-22)14(8-12)23-16(26)10-32-17(27)6-7-24-19(28)13-2-1-3-15(25(30)31)18(13)20(24)29/h1-5,8H,6-7,10H2,(H,23,26). The van der Waals surface area contributed by atoms with Gasteiger partial charge in [0.1, 0.15) is 11.6 Å². The first-order chi connectivity index (χ1) is 15.2. The Hall–Kier alpha value is -4.30. The van der Waals surface area contributed by atoms with E-state index in [1.807, 2.05) is 6.07 Å². The molecule has 0 atom stereocenters. The number of anilines is 1. The first-order valence-electron chi connectivity index (χ1n) is 9.01. The van der Waals surface area contributed by atoms with Gasteiger partial charge in [-0.2, -0.15) is 5.26 Å². The van der Waals surface area contributed by atoms with Crippen LogP contribution in [0.5, 0.6) is 0 Å². The van der Waals surface area contributed by atoms with Crippen LogP contribution in [0.4, 0.5) is 11.4 Å². The number of carbonyl (C=O) groups excluding carboxylic acids is 4. The summed E-state index contributed by atoms with van der Waals surface area (Å²) >= 11 is 5.83. The summed E-state index contributed by atoms with van der Waals surface area (Å²) in [7, 11) is 0. The monoisotopic (exact) mass is 456 g/mol. The van der Waals surface area contributed by atoms with E-state index < -0.39 is 47.3 Å². The molecule has 12 heteroatoms. The predicted octanol–water partition coefficient (Wildman–Crippen LogP) is 2.29. The lowest BCUT2D eigenvalue weighted by Crippen LogP contribution is -2.32. The number of esters is 1. The van der Waals surface area contributed by atoms with Crippen LogP contribution in [-0.4, -0.2) is 46.7 Å². The minimum absolute atomic E-state index is 0.119. The SMILES string of the molecule is N#Cc1ccc(Cl)cc1NC(=O)COC(=O)CCN1C(=O)c2cccc([N+](=O)[O-])c2C1=O. The van der Waals surface area contributed by atoms with E-state index in [1.165, 1.54) is 30.3 Å². The fourth-order valence-corrected chi connectivity index (χ4v) is 3.17. The fourth-order valence-electron chi connectivity index (χ4n) is 3.00. The van der Waals surface area contributed by atoms with E-state index >= 15 is 0 Å². The third-order valence-corrected chi connectivity index (χ3v) is 4.69. The Bertz CT molecular complexity index is 1200. The van der Waals surface area contributed by atoms with Crippen LogP contribution in [0.25, 0.3) is 0 Å². The number of nitriles is 1. The number of benzene rings is 2. The Morgan fingerprint density at radius 2 is 1.97 bits per heavy atom. The van der Waals surface area contributed by atoms with E-state index in [0.29, 0.717) is 4.90 Å². The lowest BCUT2D eigenvalue weighted by molar-refractivity contribution is -0.385. The van der Waals surface area contributed by atoms with Gasteiger partial charge >= 0.3 is 5.97 Å². The normalized spacial score (nSPS) is 12.2. The van der Waals surface area contributed by atoms with E-state index in [2.05, 4.69) is 5.32 Å². The van der Waals surface area contributed by atoms with Gasteiger partial charge in [-0.3, -0.25) is 34.2 Å². The summed E-state index contributed by atoms with van der Waals surface area (Å²) in [6, 6.07) is 9.82. The number of fused-ring (bicyclic) bond motifs is 1. The molecule has 11 nitrogen and oxygen atoms in total. The third-order valence-electron chi connectivity index (χ3n) is 4.45. The van der Waals surface area contributed by atoms with Crippen molar-refractivity contribution >= 4 is 46.7 Å². The molecule has 2 aromatic rings. The molecule has 0 saturated carbocycles. The average molecular weight is 457 g/mol. The second-order valence-electron chi connectivity index (χ2n) is 6.48. The maximum atomic E-state index is 12.4. The van der Waals surface area contributed by atoms with Crippen LogP contribution in [0.3, 0.4) is 0 Å². The molecule has 0 unspecified atom stereocenters. The molecule has 1 N–H and O–H groups in total. The minimum atomic E-state index is -0.882. The topological polar surface area (TPSA) is 160 Å². The fraction of sp³-hybridized carbons (Fsp3) is 0.150. The van der Waals surface area contributed by atoms with Gasteiger partial charge in [0.2, 0.25) is 0 Å². The quantitative estimate of drug-likeness (QED) is 0.287. The molecule has 2 aromatic carbocycles. The maximum absolute atomic E-state index is 12.4. The molecular weight excluding hydrogens is 444 g/mol. The number of ether oxygens (including phenoxy) is 1. The smallest absolute Gasteiger partial charge is 0.308 e. The van der Waals surface area contributed by atoms with Crippen molar-refractivity contribution in [2.75, 3.05) is 18.5 Å². The lowest BCUT2D eigenvalue weighted by atomic mass is 10.1. The third kappa shape index (κ3) is 4.55. The van der Waals surface area contributed by atoms with Crippen LogP contribution in [0.15, 0.2) is 36.4 Å². The summed E-state index contributed by atoms with van der Waals surface area (Å²) in [4.78, 5) is 59.8. The summed E-state index contributed by atoms with van der Waals surface area (Å²) in [5.41, 5.74) is -0.639. The van der Waals surface area contributed by atoms with Crippen LogP contribution >= 0.6 is 11.6 Å². The number of nitro benzene ring substituents is 1. The second-order valence-corrected chi connectivity index (χ2v) is 6.92. The number of amides is 3. The second kappa shape index (κ2) is 9.23. The summed E-state index contributed by atoms with van der Waals surface area (Å²) in [5.74, 6) is -3.25. The number of nitrogens with zero attached hydrogens (tertiary/aromatic N) is 3. The molecule has 0 spiro atoms. The van der Waals surface area contributed by atoms with Gasteiger partial charge in [0.05, 0.1) is 28.2 Å². The summed E-state index contributed by atoms with van der Waals surface area (Å²) in [6.07, 6.45) is -0.423. The van der Waals surface area contributed by atoms with Crippen LogP contribution in [0.1, 0.15) is 32.7 Å². The molecular formula is C20H13ClN4O7. The van der Waals surface area contributed by atoms with Gasteiger partial charge < -0.3 is 10.1 Å². The Balaban J connectivity index is 1.55. The number of rotatable bonds is 7. The van der Waals surface area contributed by atoms with E-state index in [-0.39, 0.29) is 33.9 Å².